The van der Waals surface area contributed by atoms with Crippen molar-refractivity contribution in [3.8, 4) is 0 Å². The van der Waals surface area contributed by atoms with Crippen LogP contribution in [0.2, 0.25) is 0 Å². The van der Waals surface area contributed by atoms with Crippen molar-refractivity contribution < 1.29 is 4.39 Å². The van der Waals surface area contributed by atoms with Crippen molar-refractivity contribution in [2.75, 3.05) is 6.54 Å². The highest BCUT2D eigenvalue weighted by molar-refractivity contribution is 7.10. The van der Waals surface area contributed by atoms with Crippen molar-refractivity contribution in [1.82, 2.24) is 5.32 Å². The third-order valence-corrected chi connectivity index (χ3v) is 3.55. The maximum Gasteiger partial charge on any atom is 0.123 e. The van der Waals surface area contributed by atoms with Gasteiger partial charge in [0.25, 0.3) is 0 Å². The molecule has 0 fully saturated rings. The second kappa shape index (κ2) is 5.94. The maximum absolute atomic E-state index is 13.3. The van der Waals surface area contributed by atoms with E-state index in [0.29, 0.717) is 0 Å². The van der Waals surface area contributed by atoms with Crippen molar-refractivity contribution >= 4 is 11.3 Å². The predicted octanol–water partition coefficient (Wildman–Crippen LogP) is 3.98. The lowest BCUT2D eigenvalue weighted by Crippen LogP contribution is -2.22. The molecule has 0 bridgehead atoms. The van der Waals surface area contributed by atoms with Crippen molar-refractivity contribution in [3.63, 3.8) is 0 Å². The van der Waals surface area contributed by atoms with Crippen molar-refractivity contribution in [1.29, 1.82) is 0 Å². The Hall–Kier alpha value is -1.19. The Balaban J connectivity index is 2.27. The average Bonchev–Trinajstić information content (AvgIpc) is 2.83. The summed E-state index contributed by atoms with van der Waals surface area (Å²) >= 11 is 1.70. The Kier molecular flexibility index (Phi) is 4.29. The molecule has 17 heavy (non-hydrogen) atoms. The highest BCUT2D eigenvalue weighted by Crippen LogP contribution is 2.26. The molecule has 0 spiro atoms. The fourth-order valence-electron chi connectivity index (χ4n) is 1.81. The first-order chi connectivity index (χ1) is 8.31. The van der Waals surface area contributed by atoms with Gasteiger partial charge >= 0.3 is 0 Å². The summed E-state index contributed by atoms with van der Waals surface area (Å²) in [6.45, 7) is 3.06. The molecular weight excluding hydrogens is 233 g/mol. The number of rotatable bonds is 5. The minimum absolute atomic E-state index is 0.102. The summed E-state index contributed by atoms with van der Waals surface area (Å²) in [6.07, 6.45) is 1.07. The van der Waals surface area contributed by atoms with Gasteiger partial charge in [-0.15, -0.1) is 11.3 Å². The number of hydrogen-bond acceptors (Lipinski definition) is 2. The molecule has 2 rings (SSSR count). The van der Waals surface area contributed by atoms with Gasteiger partial charge in [-0.3, -0.25) is 0 Å². The third kappa shape index (κ3) is 3.14. The zero-order valence-corrected chi connectivity index (χ0v) is 10.6. The predicted molar refractivity (Wildman–Crippen MR) is 70.9 cm³/mol. The molecule has 1 unspecified atom stereocenters. The number of benzene rings is 1. The molecule has 90 valence electrons. The first-order valence-electron chi connectivity index (χ1n) is 5.83. The molecule has 1 atom stereocenters. The molecule has 2 aromatic rings. The summed E-state index contributed by atoms with van der Waals surface area (Å²) in [5.41, 5.74) is 0.987. The average molecular weight is 249 g/mol. The van der Waals surface area contributed by atoms with Gasteiger partial charge in [-0.1, -0.05) is 25.1 Å². The van der Waals surface area contributed by atoms with E-state index in [4.69, 9.17) is 0 Å². The fraction of sp³-hybridized carbons (Fsp3) is 0.286. The summed E-state index contributed by atoms with van der Waals surface area (Å²) in [5, 5.41) is 5.51. The second-order valence-electron chi connectivity index (χ2n) is 3.96. The van der Waals surface area contributed by atoms with Crippen molar-refractivity contribution in [2.24, 2.45) is 0 Å². The van der Waals surface area contributed by atoms with Crippen LogP contribution in [-0.2, 0) is 0 Å². The van der Waals surface area contributed by atoms with Gasteiger partial charge in [0.05, 0.1) is 6.04 Å². The van der Waals surface area contributed by atoms with E-state index >= 15 is 0 Å². The molecule has 0 saturated heterocycles. The first-order valence-corrected chi connectivity index (χ1v) is 6.71. The Bertz CT molecular complexity index is 453. The van der Waals surface area contributed by atoms with Gasteiger partial charge in [-0.2, -0.15) is 0 Å². The Morgan fingerprint density at radius 1 is 1.29 bits per heavy atom. The third-order valence-electron chi connectivity index (χ3n) is 2.61. The summed E-state index contributed by atoms with van der Waals surface area (Å²) < 4.78 is 13.3. The molecule has 1 N–H and O–H groups in total. The fourth-order valence-corrected chi connectivity index (χ4v) is 2.64. The number of halogens is 1. The van der Waals surface area contributed by atoms with Gasteiger partial charge in [-0.25, -0.2) is 4.39 Å². The van der Waals surface area contributed by atoms with Crippen LogP contribution in [0.25, 0.3) is 0 Å². The molecule has 0 radical (unpaired) electrons. The van der Waals surface area contributed by atoms with Gasteiger partial charge in [0, 0.05) is 4.88 Å². The minimum atomic E-state index is -0.178. The van der Waals surface area contributed by atoms with Crippen molar-refractivity contribution in [3.05, 3.63) is 58.0 Å². The van der Waals surface area contributed by atoms with Gasteiger partial charge in [-0.05, 0) is 42.1 Å². The molecule has 1 aromatic heterocycles. The van der Waals surface area contributed by atoms with Crippen LogP contribution in [0.5, 0.6) is 0 Å². The Labute approximate surface area is 105 Å². The standard InChI is InChI=1S/C14H16FNS/c1-2-8-16-14(13-7-4-9-17-13)11-5-3-6-12(15)10-11/h3-7,9-10,14,16H,2,8H2,1H3. The van der Waals surface area contributed by atoms with E-state index < -0.39 is 0 Å². The summed E-state index contributed by atoms with van der Waals surface area (Å²) in [4.78, 5) is 1.23. The molecule has 0 amide bonds. The Morgan fingerprint density at radius 2 is 2.18 bits per heavy atom. The number of thiophene rings is 1. The second-order valence-corrected chi connectivity index (χ2v) is 4.94. The highest BCUT2D eigenvalue weighted by Gasteiger charge is 2.14. The van der Waals surface area contributed by atoms with E-state index in [9.17, 15) is 4.39 Å². The van der Waals surface area contributed by atoms with Gasteiger partial charge in [0.1, 0.15) is 5.82 Å². The summed E-state index contributed by atoms with van der Waals surface area (Å²) in [7, 11) is 0. The van der Waals surface area contributed by atoms with E-state index in [2.05, 4.69) is 23.7 Å². The number of hydrogen-bond donors (Lipinski definition) is 1. The molecule has 3 heteroatoms. The van der Waals surface area contributed by atoms with E-state index in [1.165, 1.54) is 10.9 Å². The van der Waals surface area contributed by atoms with Crippen LogP contribution in [0.4, 0.5) is 4.39 Å². The minimum Gasteiger partial charge on any atom is -0.306 e. The lowest BCUT2D eigenvalue weighted by molar-refractivity contribution is 0.591. The lowest BCUT2D eigenvalue weighted by Gasteiger charge is -2.17. The van der Waals surface area contributed by atoms with E-state index in [1.54, 1.807) is 23.5 Å². The van der Waals surface area contributed by atoms with Crippen LogP contribution >= 0.6 is 11.3 Å². The molecule has 0 saturated carbocycles. The molecule has 1 aromatic carbocycles. The molecular formula is C14H16FNS. The largest absolute Gasteiger partial charge is 0.306 e. The van der Waals surface area contributed by atoms with E-state index in [1.807, 2.05) is 12.1 Å². The normalized spacial score (nSPS) is 12.6. The van der Waals surface area contributed by atoms with Crippen LogP contribution in [-0.4, -0.2) is 6.54 Å². The molecule has 1 nitrogen and oxygen atoms in total. The van der Waals surface area contributed by atoms with Crippen molar-refractivity contribution in [2.45, 2.75) is 19.4 Å². The number of nitrogens with one attached hydrogen (secondary N) is 1. The maximum atomic E-state index is 13.3. The van der Waals surface area contributed by atoms with Gasteiger partial charge < -0.3 is 5.32 Å². The van der Waals surface area contributed by atoms with E-state index in [-0.39, 0.29) is 11.9 Å². The highest BCUT2D eigenvalue weighted by atomic mass is 32.1. The van der Waals surface area contributed by atoms with Crippen LogP contribution in [0.1, 0.15) is 29.8 Å². The van der Waals surface area contributed by atoms with Crippen LogP contribution in [0, 0.1) is 5.82 Å². The van der Waals surface area contributed by atoms with Crippen LogP contribution < -0.4 is 5.32 Å². The smallest absolute Gasteiger partial charge is 0.123 e. The lowest BCUT2D eigenvalue weighted by atomic mass is 10.1. The quantitative estimate of drug-likeness (QED) is 0.845. The van der Waals surface area contributed by atoms with Crippen LogP contribution in [0.15, 0.2) is 41.8 Å². The summed E-state index contributed by atoms with van der Waals surface area (Å²) in [5.74, 6) is -0.178. The molecule has 1 heterocycles. The monoisotopic (exact) mass is 249 g/mol. The van der Waals surface area contributed by atoms with Crippen LogP contribution in [0.3, 0.4) is 0 Å². The zero-order chi connectivity index (χ0) is 12.1. The van der Waals surface area contributed by atoms with E-state index in [0.717, 1.165) is 18.5 Å². The summed E-state index contributed by atoms with van der Waals surface area (Å²) in [6, 6.07) is 11.0. The first kappa shape index (κ1) is 12.3. The SMILES string of the molecule is CCCNC(c1cccc(F)c1)c1cccs1. The van der Waals surface area contributed by atoms with Gasteiger partial charge in [0.2, 0.25) is 0 Å². The molecule has 0 aliphatic heterocycles. The molecule has 0 aliphatic carbocycles. The Morgan fingerprint density at radius 3 is 2.82 bits per heavy atom. The van der Waals surface area contributed by atoms with Gasteiger partial charge in [0.15, 0.2) is 0 Å². The topological polar surface area (TPSA) is 12.0 Å². The zero-order valence-electron chi connectivity index (χ0n) is 9.82. The molecule has 0 aliphatic rings.